The summed E-state index contributed by atoms with van der Waals surface area (Å²) in [5.74, 6) is -0.728. The zero-order valence-corrected chi connectivity index (χ0v) is 13.1. The first-order valence-corrected chi connectivity index (χ1v) is 7.39. The van der Waals surface area contributed by atoms with Crippen molar-refractivity contribution in [3.05, 3.63) is 59.4 Å². The summed E-state index contributed by atoms with van der Waals surface area (Å²) >= 11 is 0. The summed E-state index contributed by atoms with van der Waals surface area (Å²) in [5.41, 5.74) is 1.74. The third-order valence-corrected chi connectivity index (χ3v) is 4.40. The number of rotatable bonds is 3. The van der Waals surface area contributed by atoms with Crippen molar-refractivity contribution >= 4 is 16.7 Å². The molecule has 0 spiro atoms. The van der Waals surface area contributed by atoms with Crippen LogP contribution in [0, 0.1) is 5.82 Å². The van der Waals surface area contributed by atoms with Crippen LogP contribution in [0.1, 0.15) is 37.8 Å². The van der Waals surface area contributed by atoms with Gasteiger partial charge in [-0.25, -0.2) is 9.18 Å². The fourth-order valence-corrected chi connectivity index (χ4v) is 3.30. The minimum absolute atomic E-state index is 0.0635. The molecule has 1 atom stereocenters. The summed E-state index contributed by atoms with van der Waals surface area (Å²) < 4.78 is 19.6. The van der Waals surface area contributed by atoms with E-state index in [-0.39, 0.29) is 11.7 Å². The monoisotopic (exact) mass is 298 g/mol. The predicted octanol–water partition coefficient (Wildman–Crippen LogP) is 4.52. The van der Waals surface area contributed by atoms with Gasteiger partial charge in [-0.05, 0) is 61.2 Å². The molecule has 0 saturated heterocycles. The molecular formula is C19H19FO2. The molecule has 2 aromatic carbocycles. The summed E-state index contributed by atoms with van der Waals surface area (Å²) in [6.07, 6.45) is 0.743. The normalized spacial score (nSPS) is 16.8. The Hall–Kier alpha value is -2.16. The summed E-state index contributed by atoms with van der Waals surface area (Å²) in [6.45, 7) is 9.00. The van der Waals surface area contributed by atoms with Gasteiger partial charge in [-0.1, -0.05) is 24.8 Å². The van der Waals surface area contributed by atoms with Crippen LogP contribution in [0.2, 0.25) is 0 Å². The molecule has 0 aliphatic heterocycles. The predicted molar refractivity (Wildman–Crippen MR) is 85.3 cm³/mol. The Labute approximate surface area is 129 Å². The summed E-state index contributed by atoms with van der Waals surface area (Å²) in [5, 5.41) is 1.99. The molecular weight excluding hydrogens is 279 g/mol. The Morgan fingerprint density at radius 2 is 2.09 bits per heavy atom. The van der Waals surface area contributed by atoms with Crippen LogP contribution in [-0.2, 0) is 16.0 Å². The molecule has 1 aliphatic carbocycles. The second-order valence-corrected chi connectivity index (χ2v) is 6.54. The fourth-order valence-electron chi connectivity index (χ4n) is 3.30. The van der Waals surface area contributed by atoms with E-state index < -0.39 is 11.6 Å². The molecule has 0 fully saturated rings. The Kier molecular flexibility index (Phi) is 3.32. The second-order valence-electron chi connectivity index (χ2n) is 6.54. The molecule has 114 valence electrons. The van der Waals surface area contributed by atoms with Gasteiger partial charge in [-0.2, -0.15) is 0 Å². The maximum absolute atomic E-state index is 13.9. The Morgan fingerprint density at radius 1 is 1.36 bits per heavy atom. The van der Waals surface area contributed by atoms with E-state index in [9.17, 15) is 9.18 Å². The fraction of sp³-hybridized carbons (Fsp3) is 0.316. The molecule has 0 N–H and O–H groups in total. The van der Waals surface area contributed by atoms with E-state index in [0.29, 0.717) is 5.57 Å². The lowest BCUT2D eigenvalue weighted by Gasteiger charge is -2.32. The lowest BCUT2D eigenvalue weighted by atomic mass is 9.85. The van der Waals surface area contributed by atoms with Crippen molar-refractivity contribution in [2.45, 2.75) is 38.7 Å². The number of hydrogen-bond donors (Lipinski definition) is 0. The van der Waals surface area contributed by atoms with Gasteiger partial charge in [0.15, 0.2) is 0 Å². The van der Waals surface area contributed by atoms with Gasteiger partial charge in [0.2, 0.25) is 0 Å². The maximum Gasteiger partial charge on any atom is 0.333 e. The largest absolute Gasteiger partial charge is 0.456 e. The highest BCUT2D eigenvalue weighted by atomic mass is 19.1. The number of ether oxygens (including phenoxy) is 1. The molecule has 2 nitrogen and oxygen atoms in total. The highest BCUT2D eigenvalue weighted by molar-refractivity contribution is 5.92. The van der Waals surface area contributed by atoms with E-state index in [1.54, 1.807) is 19.1 Å². The van der Waals surface area contributed by atoms with Gasteiger partial charge in [0, 0.05) is 11.5 Å². The van der Waals surface area contributed by atoms with E-state index in [0.717, 1.165) is 22.8 Å². The molecule has 0 radical (unpaired) electrons. The van der Waals surface area contributed by atoms with Crippen molar-refractivity contribution in [2.24, 2.45) is 0 Å². The van der Waals surface area contributed by atoms with Crippen molar-refractivity contribution in [1.82, 2.24) is 0 Å². The van der Waals surface area contributed by atoms with Gasteiger partial charge in [0.1, 0.15) is 11.4 Å². The highest BCUT2D eigenvalue weighted by Gasteiger charge is 2.39. The molecule has 22 heavy (non-hydrogen) atoms. The number of halogens is 1. The highest BCUT2D eigenvalue weighted by Crippen LogP contribution is 2.45. The molecule has 3 rings (SSSR count). The van der Waals surface area contributed by atoms with Gasteiger partial charge in [-0.3, -0.25) is 0 Å². The number of esters is 1. The number of hydrogen-bond acceptors (Lipinski definition) is 2. The number of carbonyl (C=O) groups is 1. The minimum Gasteiger partial charge on any atom is -0.456 e. The Balaban J connectivity index is 2.06. The summed E-state index contributed by atoms with van der Waals surface area (Å²) in [4.78, 5) is 11.9. The molecule has 0 saturated carbocycles. The zero-order chi connectivity index (χ0) is 16.1. The molecule has 0 aromatic heterocycles. The van der Waals surface area contributed by atoms with Crippen LogP contribution >= 0.6 is 0 Å². The Morgan fingerprint density at radius 3 is 2.77 bits per heavy atom. The maximum atomic E-state index is 13.9. The lowest BCUT2D eigenvalue weighted by Crippen LogP contribution is -2.35. The lowest BCUT2D eigenvalue weighted by molar-refractivity contribution is -0.153. The first-order chi connectivity index (χ1) is 10.3. The zero-order valence-electron chi connectivity index (χ0n) is 13.1. The van der Waals surface area contributed by atoms with Crippen LogP contribution in [0.3, 0.4) is 0 Å². The number of benzene rings is 2. The van der Waals surface area contributed by atoms with Crippen molar-refractivity contribution in [1.29, 1.82) is 0 Å². The van der Waals surface area contributed by atoms with E-state index in [1.165, 1.54) is 5.56 Å². The van der Waals surface area contributed by atoms with Gasteiger partial charge in [-0.15, -0.1) is 0 Å². The van der Waals surface area contributed by atoms with E-state index in [4.69, 9.17) is 4.74 Å². The standard InChI is InChI=1S/C19H19FO2/c1-11(2)18(21)22-19(3,4)16-9-13-7-5-6-12-8-14(20)10-15(16)17(12)13/h5-8,10,16H,1,9H2,2-4H3. The SMILES string of the molecule is C=C(C)C(=O)OC(C)(C)C1Cc2cccc3cc(F)cc1c23. The molecule has 2 aromatic rings. The van der Waals surface area contributed by atoms with Gasteiger partial charge in [0.05, 0.1) is 0 Å². The van der Waals surface area contributed by atoms with Crippen molar-refractivity contribution in [3.63, 3.8) is 0 Å². The van der Waals surface area contributed by atoms with Gasteiger partial charge >= 0.3 is 5.97 Å². The quantitative estimate of drug-likeness (QED) is 0.615. The number of carbonyl (C=O) groups excluding carboxylic acids is 1. The van der Waals surface area contributed by atoms with Crippen molar-refractivity contribution in [3.8, 4) is 0 Å². The van der Waals surface area contributed by atoms with Crippen LogP contribution < -0.4 is 0 Å². The van der Waals surface area contributed by atoms with Gasteiger partial charge in [0.25, 0.3) is 0 Å². The first-order valence-electron chi connectivity index (χ1n) is 7.39. The van der Waals surface area contributed by atoms with Crippen molar-refractivity contribution in [2.75, 3.05) is 0 Å². The summed E-state index contributed by atoms with van der Waals surface area (Å²) in [7, 11) is 0. The molecule has 0 bridgehead atoms. The smallest absolute Gasteiger partial charge is 0.333 e. The Bertz CT molecular complexity index is 789. The van der Waals surface area contributed by atoms with Crippen LogP contribution in [0.15, 0.2) is 42.5 Å². The molecule has 3 heteroatoms. The third-order valence-electron chi connectivity index (χ3n) is 4.40. The third kappa shape index (κ3) is 2.31. The van der Waals surface area contributed by atoms with Crippen LogP contribution in [0.4, 0.5) is 4.39 Å². The molecule has 1 aliphatic rings. The molecule has 1 unspecified atom stereocenters. The van der Waals surface area contributed by atoms with Crippen LogP contribution in [0.5, 0.6) is 0 Å². The average molecular weight is 298 g/mol. The first kappa shape index (κ1) is 14.8. The second kappa shape index (κ2) is 4.94. The molecule has 0 heterocycles. The molecule has 0 amide bonds. The minimum atomic E-state index is -0.726. The van der Waals surface area contributed by atoms with E-state index in [2.05, 4.69) is 12.6 Å². The average Bonchev–Trinajstić information content (AvgIpc) is 2.79. The van der Waals surface area contributed by atoms with Crippen LogP contribution in [0.25, 0.3) is 10.8 Å². The van der Waals surface area contributed by atoms with E-state index in [1.807, 2.05) is 26.0 Å². The van der Waals surface area contributed by atoms with Gasteiger partial charge < -0.3 is 4.74 Å². The van der Waals surface area contributed by atoms with Crippen molar-refractivity contribution < 1.29 is 13.9 Å². The summed E-state index contributed by atoms with van der Waals surface area (Å²) in [6, 6.07) is 9.04. The van der Waals surface area contributed by atoms with Crippen LogP contribution in [-0.4, -0.2) is 11.6 Å². The topological polar surface area (TPSA) is 26.3 Å². The van der Waals surface area contributed by atoms with E-state index >= 15 is 0 Å².